The molecule has 17 heavy (non-hydrogen) atoms. The fourth-order valence-electron chi connectivity index (χ4n) is 1.27. The Morgan fingerprint density at radius 2 is 1.06 bits per heavy atom. The van der Waals surface area contributed by atoms with E-state index in [9.17, 15) is 9.13 Å². The molecule has 0 heterocycles. The predicted molar refractivity (Wildman–Crippen MR) is 66.5 cm³/mol. The first-order chi connectivity index (χ1) is 7.31. The van der Waals surface area contributed by atoms with Crippen molar-refractivity contribution in [2.24, 2.45) is 0 Å². The summed E-state index contributed by atoms with van der Waals surface area (Å²) in [7, 11) is 0.863. The minimum atomic E-state index is -3.59. The fraction of sp³-hybridized carbons (Fsp3) is 1.00. The van der Waals surface area contributed by atoms with E-state index in [1.165, 1.54) is 33.3 Å². The summed E-state index contributed by atoms with van der Waals surface area (Å²) in [5.74, 6) is 0. The van der Waals surface area contributed by atoms with Crippen molar-refractivity contribution in [2.45, 2.75) is 5.52 Å². The Hall–Kier alpha value is 1.26. The third-order valence-electron chi connectivity index (χ3n) is 2.05. The van der Waals surface area contributed by atoms with Crippen molar-refractivity contribution < 1.29 is 27.2 Å². The molecule has 0 rings (SSSR count). The second-order valence-corrected chi connectivity index (χ2v) is 8.13. The standard InChI is InChI=1S/C7H19NO6P2.Na/c1-8(2)7(15(9,11-3)12-4)16(10,13-5)14-6;/h7H,1-6H3;. The van der Waals surface area contributed by atoms with Gasteiger partial charge < -0.3 is 18.1 Å². The predicted octanol–water partition coefficient (Wildman–Crippen LogP) is 1.42. The van der Waals surface area contributed by atoms with Crippen LogP contribution < -0.4 is 0 Å². The van der Waals surface area contributed by atoms with Gasteiger partial charge in [0.05, 0.1) is 0 Å². The van der Waals surface area contributed by atoms with Crippen molar-refractivity contribution in [3.05, 3.63) is 0 Å². The van der Waals surface area contributed by atoms with E-state index >= 15 is 0 Å². The Balaban J connectivity index is 0. The molecule has 0 aromatic rings. The molecule has 10 heteroatoms. The average molecular weight is 298 g/mol. The van der Waals surface area contributed by atoms with E-state index in [-0.39, 0.29) is 29.6 Å². The van der Waals surface area contributed by atoms with Crippen LogP contribution in [0.15, 0.2) is 0 Å². The molecule has 0 aliphatic rings. The summed E-state index contributed by atoms with van der Waals surface area (Å²) in [5.41, 5.74) is -1.11. The summed E-state index contributed by atoms with van der Waals surface area (Å²) >= 11 is 0. The van der Waals surface area contributed by atoms with E-state index in [0.717, 1.165) is 0 Å². The van der Waals surface area contributed by atoms with Gasteiger partial charge in [-0.3, -0.25) is 14.0 Å². The molecule has 0 amide bonds. The summed E-state index contributed by atoms with van der Waals surface area (Å²) in [6, 6.07) is 0. The quantitative estimate of drug-likeness (QED) is 0.520. The van der Waals surface area contributed by atoms with Gasteiger partial charge in [0.15, 0.2) is 0 Å². The third-order valence-corrected chi connectivity index (χ3v) is 7.83. The fourth-order valence-corrected chi connectivity index (χ4v) is 5.97. The van der Waals surface area contributed by atoms with Crippen LogP contribution >= 0.6 is 15.2 Å². The Kier molecular flexibility index (Phi) is 10.2. The van der Waals surface area contributed by atoms with Crippen LogP contribution in [-0.2, 0) is 27.2 Å². The topological polar surface area (TPSA) is 74.3 Å². The number of hydrogen-bond donors (Lipinski definition) is 0. The normalized spacial score (nSPS) is 12.9. The Labute approximate surface area is 124 Å². The first-order valence-electron chi connectivity index (χ1n) is 4.40. The summed E-state index contributed by atoms with van der Waals surface area (Å²) in [4.78, 5) is 1.43. The molecule has 0 aromatic heterocycles. The smallest absolute Gasteiger partial charge is 0.310 e. The van der Waals surface area contributed by atoms with Crippen LogP contribution in [0.1, 0.15) is 0 Å². The van der Waals surface area contributed by atoms with Crippen LogP contribution in [0.2, 0.25) is 0 Å². The Bertz CT molecular complexity index is 271. The maximum absolute atomic E-state index is 12.2. The number of hydrogen-bond acceptors (Lipinski definition) is 7. The molecule has 0 bridgehead atoms. The van der Waals surface area contributed by atoms with Crippen molar-refractivity contribution in [3.63, 3.8) is 0 Å². The third kappa shape index (κ3) is 4.69. The van der Waals surface area contributed by atoms with E-state index in [1.54, 1.807) is 14.1 Å². The first kappa shape index (κ1) is 20.6. The van der Waals surface area contributed by atoms with Crippen molar-refractivity contribution in [3.8, 4) is 0 Å². The van der Waals surface area contributed by atoms with Gasteiger partial charge in [-0.15, -0.1) is 0 Å². The molecule has 0 spiro atoms. The van der Waals surface area contributed by atoms with Crippen LogP contribution in [0.5, 0.6) is 0 Å². The number of rotatable bonds is 7. The van der Waals surface area contributed by atoms with Crippen LogP contribution in [0.3, 0.4) is 0 Å². The minimum Gasteiger partial charge on any atom is -0.310 e. The molecule has 7 nitrogen and oxygen atoms in total. The molecule has 1 radical (unpaired) electrons. The minimum absolute atomic E-state index is 0. The van der Waals surface area contributed by atoms with E-state index in [0.29, 0.717) is 0 Å². The first-order valence-corrected chi connectivity index (χ1v) is 7.62. The van der Waals surface area contributed by atoms with Gasteiger partial charge in [0.25, 0.3) is 0 Å². The van der Waals surface area contributed by atoms with Crippen LogP contribution in [0.4, 0.5) is 0 Å². The maximum atomic E-state index is 12.2. The van der Waals surface area contributed by atoms with E-state index in [1.807, 2.05) is 0 Å². The van der Waals surface area contributed by atoms with Gasteiger partial charge in [-0.1, -0.05) is 0 Å². The van der Waals surface area contributed by atoms with E-state index < -0.39 is 20.7 Å². The van der Waals surface area contributed by atoms with Gasteiger partial charge >= 0.3 is 15.2 Å². The molecule has 0 aromatic carbocycles. The zero-order valence-corrected chi connectivity index (χ0v) is 15.2. The van der Waals surface area contributed by atoms with E-state index in [4.69, 9.17) is 18.1 Å². The summed E-state index contributed by atoms with van der Waals surface area (Å²) in [5, 5.41) is 0. The molecule has 99 valence electrons. The van der Waals surface area contributed by atoms with Crippen LogP contribution in [0, 0.1) is 0 Å². The van der Waals surface area contributed by atoms with Gasteiger partial charge in [0.1, 0.15) is 0 Å². The Morgan fingerprint density at radius 1 is 0.824 bits per heavy atom. The summed E-state index contributed by atoms with van der Waals surface area (Å²) in [6.45, 7) is 0. The molecule has 0 N–H and O–H groups in total. The second-order valence-electron chi connectivity index (χ2n) is 3.12. The number of nitrogens with zero attached hydrogens (tertiary/aromatic N) is 1. The summed E-state index contributed by atoms with van der Waals surface area (Å²) < 4.78 is 43.8. The van der Waals surface area contributed by atoms with Gasteiger partial charge in [0.2, 0.25) is 5.52 Å². The summed E-state index contributed by atoms with van der Waals surface area (Å²) in [6.07, 6.45) is 0. The molecule has 0 atom stereocenters. The van der Waals surface area contributed by atoms with Crippen molar-refractivity contribution >= 4 is 44.7 Å². The molecule has 0 saturated heterocycles. The second kappa shape index (κ2) is 8.43. The molecule has 0 unspecified atom stereocenters. The van der Waals surface area contributed by atoms with Gasteiger partial charge in [-0.25, -0.2) is 0 Å². The average Bonchev–Trinajstić information content (AvgIpc) is 2.28. The molecule has 0 aliphatic carbocycles. The Morgan fingerprint density at radius 3 is 1.18 bits per heavy atom. The van der Waals surface area contributed by atoms with Crippen molar-refractivity contribution in [2.75, 3.05) is 42.5 Å². The monoisotopic (exact) mass is 298 g/mol. The zero-order chi connectivity index (χ0) is 13.0. The molecule has 0 aliphatic heterocycles. The SMILES string of the molecule is COP(=O)(OC)C(N(C)C)P(=O)(OC)OC.[Na]. The molecular weight excluding hydrogens is 279 g/mol. The van der Waals surface area contributed by atoms with Crippen molar-refractivity contribution in [1.29, 1.82) is 0 Å². The molecule has 0 fully saturated rings. The maximum Gasteiger partial charge on any atom is 0.359 e. The molecule has 0 saturated carbocycles. The van der Waals surface area contributed by atoms with Crippen LogP contribution in [-0.4, -0.2) is 82.5 Å². The van der Waals surface area contributed by atoms with Crippen LogP contribution in [0.25, 0.3) is 0 Å². The zero-order valence-electron chi connectivity index (χ0n) is 11.4. The molecular formula is C7H19NNaO6P2. The van der Waals surface area contributed by atoms with Gasteiger partial charge in [0, 0.05) is 58.0 Å². The van der Waals surface area contributed by atoms with Crippen molar-refractivity contribution in [1.82, 2.24) is 4.90 Å². The largest absolute Gasteiger partial charge is 0.359 e. The van der Waals surface area contributed by atoms with Gasteiger partial charge in [-0.05, 0) is 14.1 Å². The van der Waals surface area contributed by atoms with E-state index in [2.05, 4.69) is 0 Å². The van der Waals surface area contributed by atoms with Gasteiger partial charge in [-0.2, -0.15) is 0 Å².